The third-order valence-corrected chi connectivity index (χ3v) is 5.09. The first-order valence-electron chi connectivity index (χ1n) is 11.4. The molecule has 0 aromatic carbocycles. The van der Waals surface area contributed by atoms with Gasteiger partial charge in [0.1, 0.15) is 0 Å². The van der Waals surface area contributed by atoms with Gasteiger partial charge in [0.15, 0.2) is 0 Å². The summed E-state index contributed by atoms with van der Waals surface area (Å²) in [6, 6.07) is 0. The Labute approximate surface area is 169 Å². The Bertz CT molecular complexity index is 390. The van der Waals surface area contributed by atoms with Crippen molar-refractivity contribution in [3.05, 3.63) is 24.3 Å². The lowest BCUT2D eigenvalue weighted by atomic mass is 9.98. The van der Waals surface area contributed by atoms with Crippen molar-refractivity contribution in [2.45, 2.75) is 111 Å². The zero-order valence-corrected chi connectivity index (χ0v) is 18.4. The van der Waals surface area contributed by atoms with E-state index in [0.29, 0.717) is 11.5 Å². The highest BCUT2D eigenvalue weighted by Crippen LogP contribution is 2.14. The van der Waals surface area contributed by atoms with Gasteiger partial charge in [-0.05, 0) is 44.9 Å². The van der Waals surface area contributed by atoms with Crippen molar-refractivity contribution in [2.75, 3.05) is 6.54 Å². The van der Waals surface area contributed by atoms with Crippen LogP contribution in [0.4, 0.5) is 0 Å². The number of hydroxylamine groups is 1. The molecule has 0 heterocycles. The predicted molar refractivity (Wildman–Crippen MR) is 118 cm³/mol. The van der Waals surface area contributed by atoms with Gasteiger partial charge >= 0.3 is 5.97 Å². The lowest BCUT2D eigenvalue weighted by Gasteiger charge is -2.15. The second kappa shape index (κ2) is 19.7. The molecule has 1 atom stereocenters. The lowest BCUT2D eigenvalue weighted by molar-refractivity contribution is -0.146. The fraction of sp³-hybridized carbons (Fsp3) is 0.792. The van der Waals surface area contributed by atoms with Crippen molar-refractivity contribution in [1.29, 1.82) is 0 Å². The van der Waals surface area contributed by atoms with Crippen molar-refractivity contribution in [1.82, 2.24) is 5.48 Å². The van der Waals surface area contributed by atoms with E-state index in [0.717, 1.165) is 13.0 Å². The van der Waals surface area contributed by atoms with Gasteiger partial charge in [0.25, 0.3) is 0 Å². The van der Waals surface area contributed by atoms with Gasteiger partial charge in [-0.2, -0.15) is 5.48 Å². The van der Waals surface area contributed by atoms with E-state index in [2.05, 4.69) is 38.1 Å². The number of hydrogen-bond acceptors (Lipinski definition) is 3. The summed E-state index contributed by atoms with van der Waals surface area (Å²) in [6.45, 7) is 10.4. The second-order valence-electron chi connectivity index (χ2n) is 7.81. The fourth-order valence-electron chi connectivity index (χ4n) is 3.09. The van der Waals surface area contributed by atoms with Crippen LogP contribution in [0.25, 0.3) is 0 Å². The third-order valence-electron chi connectivity index (χ3n) is 5.09. The van der Waals surface area contributed by atoms with Crippen LogP contribution in [0.3, 0.4) is 0 Å². The van der Waals surface area contributed by atoms with Crippen LogP contribution in [0.5, 0.6) is 0 Å². The van der Waals surface area contributed by atoms with Crippen LogP contribution >= 0.6 is 0 Å². The number of carbonyl (C=O) groups is 1. The molecule has 0 saturated heterocycles. The highest BCUT2D eigenvalue weighted by Gasteiger charge is 2.08. The van der Waals surface area contributed by atoms with E-state index in [9.17, 15) is 4.79 Å². The first-order chi connectivity index (χ1) is 13.1. The summed E-state index contributed by atoms with van der Waals surface area (Å²) in [5.74, 6) is 0.203. The molecule has 0 fully saturated rings. The molecule has 0 aromatic rings. The molecule has 0 amide bonds. The van der Waals surface area contributed by atoms with Gasteiger partial charge in [-0.1, -0.05) is 90.4 Å². The fourth-order valence-corrected chi connectivity index (χ4v) is 3.09. The van der Waals surface area contributed by atoms with Crippen LogP contribution in [-0.2, 0) is 9.63 Å². The highest BCUT2D eigenvalue weighted by molar-refractivity contribution is 5.86. The van der Waals surface area contributed by atoms with Gasteiger partial charge in [0.2, 0.25) is 0 Å². The minimum Gasteiger partial charge on any atom is -0.367 e. The molecule has 3 nitrogen and oxygen atoms in total. The van der Waals surface area contributed by atoms with E-state index < -0.39 is 0 Å². The Hall–Kier alpha value is -1.09. The molecule has 1 unspecified atom stereocenters. The third kappa shape index (κ3) is 18.1. The predicted octanol–water partition coefficient (Wildman–Crippen LogP) is 7.28. The monoisotopic (exact) mass is 379 g/mol. The average molecular weight is 380 g/mol. The zero-order chi connectivity index (χ0) is 20.2. The van der Waals surface area contributed by atoms with Crippen LogP contribution in [0, 0.1) is 5.92 Å². The zero-order valence-electron chi connectivity index (χ0n) is 18.4. The molecule has 0 spiro atoms. The lowest BCUT2D eigenvalue weighted by Crippen LogP contribution is -2.26. The van der Waals surface area contributed by atoms with Crippen molar-refractivity contribution in [3.63, 3.8) is 0 Å². The Morgan fingerprint density at radius 2 is 1.48 bits per heavy atom. The van der Waals surface area contributed by atoms with E-state index in [1.165, 1.54) is 83.5 Å². The molecule has 0 aliphatic heterocycles. The topological polar surface area (TPSA) is 38.3 Å². The summed E-state index contributed by atoms with van der Waals surface area (Å²) in [6.07, 6.45) is 23.0. The van der Waals surface area contributed by atoms with Crippen LogP contribution in [0.2, 0.25) is 0 Å². The van der Waals surface area contributed by atoms with E-state index in [4.69, 9.17) is 4.84 Å². The summed E-state index contributed by atoms with van der Waals surface area (Å²) in [4.78, 5) is 16.3. The van der Waals surface area contributed by atoms with Crippen LogP contribution in [0.15, 0.2) is 24.3 Å². The van der Waals surface area contributed by atoms with Gasteiger partial charge in [-0.25, -0.2) is 4.79 Å². The number of hydrogen-bond donors (Lipinski definition) is 1. The molecule has 0 aromatic heterocycles. The second-order valence-corrected chi connectivity index (χ2v) is 7.81. The molecular weight excluding hydrogens is 334 g/mol. The van der Waals surface area contributed by atoms with Crippen LogP contribution in [-0.4, -0.2) is 12.5 Å². The number of nitrogens with one attached hydrogen (secondary N) is 1. The number of allylic oxidation sites excluding steroid dienone is 2. The Morgan fingerprint density at radius 3 is 2.04 bits per heavy atom. The van der Waals surface area contributed by atoms with E-state index in [1.54, 1.807) is 6.92 Å². The molecule has 0 radical (unpaired) electrons. The normalized spacial score (nSPS) is 12.4. The number of carbonyl (C=O) groups excluding carboxylic acids is 1. The highest BCUT2D eigenvalue weighted by atomic mass is 16.7. The van der Waals surface area contributed by atoms with E-state index in [-0.39, 0.29) is 5.97 Å². The van der Waals surface area contributed by atoms with Gasteiger partial charge in [0.05, 0.1) is 0 Å². The van der Waals surface area contributed by atoms with Gasteiger partial charge in [0, 0.05) is 12.1 Å². The van der Waals surface area contributed by atoms with Crippen molar-refractivity contribution >= 4 is 5.97 Å². The summed E-state index contributed by atoms with van der Waals surface area (Å²) < 4.78 is 0. The van der Waals surface area contributed by atoms with Gasteiger partial charge in [-0.15, -0.1) is 0 Å². The SMILES string of the molecule is C=C(C)C(=O)ONCC(CC)CCCCCCC=CCCCCCCCC. The molecular formula is C24H45NO2. The van der Waals surface area contributed by atoms with Gasteiger partial charge < -0.3 is 4.84 Å². The van der Waals surface area contributed by atoms with Crippen LogP contribution < -0.4 is 5.48 Å². The summed E-state index contributed by atoms with van der Waals surface area (Å²) in [7, 11) is 0. The quantitative estimate of drug-likeness (QED) is 0.111. The molecule has 0 bridgehead atoms. The molecule has 0 aliphatic rings. The molecule has 1 N–H and O–H groups in total. The Kier molecular flexibility index (Phi) is 18.9. The first kappa shape index (κ1) is 25.9. The molecule has 158 valence electrons. The molecule has 0 aliphatic carbocycles. The Morgan fingerprint density at radius 1 is 0.926 bits per heavy atom. The minimum absolute atomic E-state index is 0.366. The smallest absolute Gasteiger partial charge is 0.351 e. The maximum Gasteiger partial charge on any atom is 0.351 e. The van der Waals surface area contributed by atoms with Crippen molar-refractivity contribution in [3.8, 4) is 0 Å². The minimum atomic E-state index is -0.366. The van der Waals surface area contributed by atoms with Crippen molar-refractivity contribution in [2.24, 2.45) is 5.92 Å². The molecule has 3 heteroatoms. The van der Waals surface area contributed by atoms with Crippen LogP contribution in [0.1, 0.15) is 111 Å². The molecule has 0 rings (SSSR count). The Balaban J connectivity index is 3.44. The maximum absolute atomic E-state index is 11.3. The standard InChI is InChI=1S/C24H45NO2/c1-5-7-8-9-10-11-12-13-14-15-16-17-18-19-20-23(6-2)21-25-27-24(26)22(3)4/h13-14,23,25H,3,5-12,15-21H2,1-2,4H3. The van der Waals surface area contributed by atoms with E-state index >= 15 is 0 Å². The number of rotatable bonds is 19. The molecule has 0 saturated carbocycles. The summed E-state index contributed by atoms with van der Waals surface area (Å²) in [5, 5.41) is 0. The van der Waals surface area contributed by atoms with E-state index in [1.807, 2.05) is 0 Å². The number of unbranched alkanes of at least 4 members (excludes halogenated alkanes) is 10. The van der Waals surface area contributed by atoms with Gasteiger partial charge in [-0.3, -0.25) is 0 Å². The maximum atomic E-state index is 11.3. The van der Waals surface area contributed by atoms with Crippen molar-refractivity contribution < 1.29 is 9.63 Å². The first-order valence-corrected chi connectivity index (χ1v) is 11.4. The largest absolute Gasteiger partial charge is 0.367 e. The average Bonchev–Trinajstić information content (AvgIpc) is 2.66. The molecule has 27 heavy (non-hydrogen) atoms. The summed E-state index contributed by atoms with van der Waals surface area (Å²) in [5.41, 5.74) is 3.22. The summed E-state index contributed by atoms with van der Waals surface area (Å²) >= 11 is 0.